The van der Waals surface area contributed by atoms with Crippen molar-refractivity contribution < 1.29 is 4.79 Å². The summed E-state index contributed by atoms with van der Waals surface area (Å²) >= 11 is 8.32. The van der Waals surface area contributed by atoms with E-state index >= 15 is 0 Å². The molecule has 0 aliphatic rings. The van der Waals surface area contributed by atoms with E-state index in [-0.39, 0.29) is 11.4 Å². The summed E-state index contributed by atoms with van der Waals surface area (Å²) in [4.78, 5) is 14.9. The Bertz CT molecular complexity index is 975. The summed E-state index contributed by atoms with van der Waals surface area (Å²) in [5.41, 5.74) is 1.80. The van der Waals surface area contributed by atoms with Crippen LogP contribution in [0, 0.1) is 3.95 Å². The van der Waals surface area contributed by atoms with Crippen LogP contribution >= 0.6 is 35.3 Å². The van der Waals surface area contributed by atoms with Crippen LogP contribution in [-0.2, 0) is 11.3 Å². The first-order valence-corrected chi connectivity index (χ1v) is 11.2. The number of carbonyl (C=O) groups excluding carboxylic acids is 1. The minimum atomic E-state index is -0.260. The fourth-order valence-corrected chi connectivity index (χ4v) is 4.96. The Hall–Kier alpha value is -1.96. The highest BCUT2D eigenvalue weighted by molar-refractivity contribution is 8.01. The molecular weight excluding hydrogens is 406 g/mol. The number of para-hydroxylation sites is 1. The molecule has 3 rings (SSSR count). The van der Waals surface area contributed by atoms with Crippen molar-refractivity contribution in [3.05, 3.63) is 70.2 Å². The minimum absolute atomic E-state index is 0.0914. The SMILES string of the molecule is CC(C)(C)N(Cc1ccccc1)C(=O)CSc1nn(-c2ccccc2)c(=S)s1. The normalized spacial score (nSPS) is 11.4. The average Bonchev–Trinajstić information content (AvgIpc) is 3.05. The minimum Gasteiger partial charge on any atom is -0.333 e. The molecule has 0 aliphatic carbocycles. The molecule has 4 nitrogen and oxygen atoms in total. The molecule has 0 saturated carbocycles. The summed E-state index contributed by atoms with van der Waals surface area (Å²) in [5, 5.41) is 4.58. The Labute approximate surface area is 179 Å². The van der Waals surface area contributed by atoms with Crippen molar-refractivity contribution in [3.8, 4) is 5.69 Å². The van der Waals surface area contributed by atoms with Gasteiger partial charge in [-0.15, -0.1) is 5.10 Å². The molecule has 0 aliphatic heterocycles. The molecule has 0 saturated heterocycles. The third-order valence-corrected chi connectivity index (χ3v) is 6.49. The summed E-state index contributed by atoms with van der Waals surface area (Å²) in [7, 11) is 0. The monoisotopic (exact) mass is 429 g/mol. The molecule has 2 aromatic carbocycles. The molecule has 7 heteroatoms. The van der Waals surface area contributed by atoms with Gasteiger partial charge in [0.05, 0.1) is 11.4 Å². The van der Waals surface area contributed by atoms with E-state index in [1.165, 1.54) is 23.1 Å². The second-order valence-corrected chi connectivity index (χ2v) is 10.2. The van der Waals surface area contributed by atoms with Gasteiger partial charge in [0, 0.05) is 12.1 Å². The quantitative estimate of drug-likeness (QED) is 0.379. The van der Waals surface area contributed by atoms with Gasteiger partial charge in [0.1, 0.15) is 0 Å². The summed E-state index contributed by atoms with van der Waals surface area (Å²) < 4.78 is 3.23. The second kappa shape index (κ2) is 9.03. The van der Waals surface area contributed by atoms with Crippen LogP contribution in [0.3, 0.4) is 0 Å². The van der Waals surface area contributed by atoms with E-state index in [2.05, 4.69) is 25.9 Å². The van der Waals surface area contributed by atoms with Crippen molar-refractivity contribution in [3.63, 3.8) is 0 Å². The zero-order valence-electron chi connectivity index (χ0n) is 16.2. The number of hydrogen-bond acceptors (Lipinski definition) is 5. The van der Waals surface area contributed by atoms with E-state index < -0.39 is 0 Å². The van der Waals surface area contributed by atoms with E-state index in [1.807, 2.05) is 65.6 Å². The molecule has 28 heavy (non-hydrogen) atoms. The molecule has 0 bridgehead atoms. The van der Waals surface area contributed by atoms with Gasteiger partial charge in [0.15, 0.2) is 8.29 Å². The Morgan fingerprint density at radius 3 is 2.32 bits per heavy atom. The number of aromatic nitrogens is 2. The lowest BCUT2D eigenvalue weighted by Crippen LogP contribution is -2.45. The van der Waals surface area contributed by atoms with Gasteiger partial charge in [0.2, 0.25) is 5.91 Å². The van der Waals surface area contributed by atoms with Crippen molar-refractivity contribution in [1.82, 2.24) is 14.7 Å². The fourth-order valence-electron chi connectivity index (χ4n) is 2.72. The average molecular weight is 430 g/mol. The van der Waals surface area contributed by atoms with Crippen molar-refractivity contribution in [2.45, 2.75) is 37.2 Å². The first-order valence-electron chi connectivity index (χ1n) is 8.97. The largest absolute Gasteiger partial charge is 0.333 e. The first kappa shape index (κ1) is 20.8. The van der Waals surface area contributed by atoms with Gasteiger partial charge in [-0.3, -0.25) is 4.79 Å². The predicted octanol–water partition coefficient (Wildman–Crippen LogP) is 5.58. The lowest BCUT2D eigenvalue weighted by Gasteiger charge is -2.36. The number of benzene rings is 2. The fraction of sp³-hybridized carbons (Fsp3) is 0.286. The second-order valence-electron chi connectivity index (χ2n) is 7.31. The van der Waals surface area contributed by atoms with Gasteiger partial charge in [0.25, 0.3) is 0 Å². The highest BCUT2D eigenvalue weighted by atomic mass is 32.2. The highest BCUT2D eigenvalue weighted by Crippen LogP contribution is 2.26. The van der Waals surface area contributed by atoms with Crippen LogP contribution < -0.4 is 0 Å². The number of amides is 1. The highest BCUT2D eigenvalue weighted by Gasteiger charge is 2.26. The molecule has 0 unspecified atom stereocenters. The number of nitrogens with zero attached hydrogens (tertiary/aromatic N) is 3. The van der Waals surface area contributed by atoms with E-state index in [0.717, 1.165) is 15.6 Å². The topological polar surface area (TPSA) is 38.1 Å². The number of rotatable bonds is 6. The lowest BCUT2D eigenvalue weighted by molar-refractivity contribution is -0.133. The Morgan fingerprint density at radius 2 is 1.71 bits per heavy atom. The number of thioether (sulfide) groups is 1. The van der Waals surface area contributed by atoms with Crippen molar-refractivity contribution in [1.29, 1.82) is 0 Å². The van der Waals surface area contributed by atoms with Gasteiger partial charge in [-0.25, -0.2) is 4.68 Å². The molecule has 0 radical (unpaired) electrons. The van der Waals surface area contributed by atoms with Crippen LogP contribution in [0.15, 0.2) is 65.0 Å². The standard InChI is InChI=1S/C21H23N3OS3/c1-21(2,3)23(14-16-10-6-4-7-11-16)18(25)15-27-19-22-24(20(26)28-19)17-12-8-5-9-13-17/h4-13H,14-15H2,1-3H3. The molecule has 0 spiro atoms. The van der Waals surface area contributed by atoms with Crippen LogP contribution in [-0.4, -0.2) is 31.9 Å². The third kappa shape index (κ3) is 5.31. The van der Waals surface area contributed by atoms with E-state index in [1.54, 1.807) is 4.68 Å². The number of carbonyl (C=O) groups is 1. The van der Waals surface area contributed by atoms with Crippen LogP contribution in [0.2, 0.25) is 0 Å². The van der Waals surface area contributed by atoms with E-state index in [4.69, 9.17) is 12.2 Å². The van der Waals surface area contributed by atoms with Crippen LogP contribution in [0.5, 0.6) is 0 Å². The molecule has 146 valence electrons. The Morgan fingerprint density at radius 1 is 1.11 bits per heavy atom. The molecule has 1 heterocycles. The zero-order valence-corrected chi connectivity index (χ0v) is 18.6. The molecule has 1 aromatic heterocycles. The Kier molecular flexibility index (Phi) is 6.69. The van der Waals surface area contributed by atoms with E-state index in [9.17, 15) is 4.79 Å². The van der Waals surface area contributed by atoms with Gasteiger partial charge >= 0.3 is 0 Å². The third-order valence-electron chi connectivity index (χ3n) is 4.14. The van der Waals surface area contributed by atoms with Crippen molar-refractivity contribution in [2.75, 3.05) is 5.75 Å². The van der Waals surface area contributed by atoms with Crippen LogP contribution in [0.4, 0.5) is 0 Å². The molecule has 1 amide bonds. The zero-order chi connectivity index (χ0) is 20.1. The van der Waals surface area contributed by atoms with Gasteiger partial charge in [-0.2, -0.15) is 0 Å². The van der Waals surface area contributed by atoms with Gasteiger partial charge in [-0.05, 0) is 50.7 Å². The summed E-state index contributed by atoms with van der Waals surface area (Å²) in [6.07, 6.45) is 0. The lowest BCUT2D eigenvalue weighted by atomic mass is 10.0. The molecule has 0 atom stereocenters. The summed E-state index contributed by atoms with van der Waals surface area (Å²) in [6, 6.07) is 19.9. The maximum Gasteiger partial charge on any atom is 0.233 e. The van der Waals surface area contributed by atoms with E-state index in [0.29, 0.717) is 16.3 Å². The maximum absolute atomic E-state index is 13.0. The van der Waals surface area contributed by atoms with Crippen LogP contribution in [0.25, 0.3) is 5.69 Å². The first-order chi connectivity index (χ1) is 13.3. The molecule has 0 N–H and O–H groups in total. The summed E-state index contributed by atoms with van der Waals surface area (Å²) in [6.45, 7) is 6.78. The van der Waals surface area contributed by atoms with Crippen molar-refractivity contribution in [2.24, 2.45) is 0 Å². The maximum atomic E-state index is 13.0. The summed E-state index contributed by atoms with van der Waals surface area (Å²) in [5.74, 6) is 0.426. The van der Waals surface area contributed by atoms with Gasteiger partial charge < -0.3 is 4.90 Å². The smallest absolute Gasteiger partial charge is 0.233 e. The van der Waals surface area contributed by atoms with Crippen LogP contribution in [0.1, 0.15) is 26.3 Å². The van der Waals surface area contributed by atoms with Crippen molar-refractivity contribution >= 4 is 41.2 Å². The molecule has 0 fully saturated rings. The molecular formula is C21H23N3OS3. The predicted molar refractivity (Wildman–Crippen MR) is 120 cm³/mol. The van der Waals surface area contributed by atoms with Gasteiger partial charge in [-0.1, -0.05) is 71.6 Å². The molecule has 3 aromatic rings. The Balaban J connectivity index is 1.70. The number of hydrogen-bond donors (Lipinski definition) is 0.